The van der Waals surface area contributed by atoms with Crippen LogP contribution in [0.2, 0.25) is 5.02 Å². The summed E-state index contributed by atoms with van der Waals surface area (Å²) in [5.41, 5.74) is 1.38. The summed E-state index contributed by atoms with van der Waals surface area (Å²) in [6.45, 7) is 6.04. The third kappa shape index (κ3) is 2.99. The maximum absolute atomic E-state index is 5.96. The van der Waals surface area contributed by atoms with E-state index in [1.54, 1.807) is 0 Å². The average molecular weight is 305 g/mol. The molecule has 0 amide bonds. The van der Waals surface area contributed by atoms with Crippen LogP contribution in [-0.2, 0) is 6.54 Å². The maximum Gasteiger partial charge on any atom is 0.0406 e. The minimum absolute atomic E-state index is 0.833. The van der Waals surface area contributed by atoms with E-state index in [0.29, 0.717) is 0 Å². The molecule has 3 atom stereocenters. The standard InChI is InChI=1S/C18H25ClN2/c19-17-5-2-14(3-6-17)13-20-7-9-21(10-8-20)18-12-15-1-4-16(18)11-15/h2-3,5-6,15-16,18H,1,4,7-13H2/t15-,16-,18+/m1/s1. The van der Waals surface area contributed by atoms with Crippen LogP contribution in [0.4, 0.5) is 0 Å². The summed E-state index contributed by atoms with van der Waals surface area (Å²) in [5.74, 6) is 2.09. The fourth-order valence-electron chi connectivity index (χ4n) is 4.76. The van der Waals surface area contributed by atoms with Crippen LogP contribution in [0, 0.1) is 11.8 Å². The molecule has 0 aromatic heterocycles. The van der Waals surface area contributed by atoms with Gasteiger partial charge >= 0.3 is 0 Å². The van der Waals surface area contributed by atoms with Crippen molar-refractivity contribution in [3.63, 3.8) is 0 Å². The van der Waals surface area contributed by atoms with E-state index >= 15 is 0 Å². The van der Waals surface area contributed by atoms with Crippen molar-refractivity contribution in [1.29, 1.82) is 0 Å². The van der Waals surface area contributed by atoms with Crippen LogP contribution in [0.25, 0.3) is 0 Å². The van der Waals surface area contributed by atoms with E-state index in [-0.39, 0.29) is 0 Å². The summed E-state index contributed by atoms with van der Waals surface area (Å²) >= 11 is 5.96. The second kappa shape index (κ2) is 5.91. The van der Waals surface area contributed by atoms with Crippen molar-refractivity contribution >= 4 is 11.6 Å². The molecule has 0 radical (unpaired) electrons. The number of benzene rings is 1. The lowest BCUT2D eigenvalue weighted by atomic mass is 9.93. The number of rotatable bonds is 3. The lowest BCUT2D eigenvalue weighted by Gasteiger charge is -2.41. The third-order valence-electron chi connectivity index (χ3n) is 5.90. The van der Waals surface area contributed by atoms with Gasteiger partial charge in [-0.05, 0) is 48.8 Å². The molecule has 21 heavy (non-hydrogen) atoms. The number of piperazine rings is 1. The summed E-state index contributed by atoms with van der Waals surface area (Å²) in [6, 6.07) is 9.24. The molecule has 0 unspecified atom stereocenters. The summed E-state index contributed by atoms with van der Waals surface area (Å²) < 4.78 is 0. The minimum Gasteiger partial charge on any atom is -0.298 e. The van der Waals surface area contributed by atoms with Gasteiger partial charge in [-0.2, -0.15) is 0 Å². The Morgan fingerprint density at radius 2 is 1.71 bits per heavy atom. The second-order valence-corrected chi connectivity index (χ2v) is 7.62. The van der Waals surface area contributed by atoms with E-state index in [9.17, 15) is 0 Å². The van der Waals surface area contributed by atoms with E-state index in [0.717, 1.165) is 29.4 Å². The van der Waals surface area contributed by atoms with Crippen molar-refractivity contribution < 1.29 is 0 Å². The summed E-state index contributed by atoms with van der Waals surface area (Å²) in [6.07, 6.45) is 6.02. The Morgan fingerprint density at radius 3 is 2.33 bits per heavy atom. The topological polar surface area (TPSA) is 6.48 Å². The van der Waals surface area contributed by atoms with Gasteiger partial charge in [-0.25, -0.2) is 0 Å². The number of hydrogen-bond donors (Lipinski definition) is 0. The highest BCUT2D eigenvalue weighted by atomic mass is 35.5. The Balaban J connectivity index is 1.29. The normalized spacial score (nSPS) is 33.7. The van der Waals surface area contributed by atoms with E-state index in [1.165, 1.54) is 57.4 Å². The molecule has 3 aliphatic rings. The molecule has 3 heteroatoms. The molecule has 4 rings (SSSR count). The first-order chi connectivity index (χ1) is 10.3. The van der Waals surface area contributed by atoms with E-state index in [4.69, 9.17) is 11.6 Å². The van der Waals surface area contributed by atoms with Crippen molar-refractivity contribution in [1.82, 2.24) is 9.80 Å². The van der Waals surface area contributed by atoms with Gasteiger partial charge in [0.15, 0.2) is 0 Å². The number of halogens is 1. The van der Waals surface area contributed by atoms with Crippen molar-refractivity contribution in [2.24, 2.45) is 11.8 Å². The zero-order valence-corrected chi connectivity index (χ0v) is 13.4. The molecule has 2 bridgehead atoms. The predicted octanol–water partition coefficient (Wildman–Crippen LogP) is 3.65. The van der Waals surface area contributed by atoms with Gasteiger partial charge in [0, 0.05) is 43.8 Å². The van der Waals surface area contributed by atoms with Crippen LogP contribution in [0.5, 0.6) is 0 Å². The van der Waals surface area contributed by atoms with Gasteiger partial charge in [-0.3, -0.25) is 9.80 Å². The smallest absolute Gasteiger partial charge is 0.0406 e. The Hall–Kier alpha value is -0.570. The third-order valence-corrected chi connectivity index (χ3v) is 6.15. The quantitative estimate of drug-likeness (QED) is 0.841. The SMILES string of the molecule is Clc1ccc(CN2CCN([C@H]3C[C@@H]4CC[C@@H]3C4)CC2)cc1. The number of hydrogen-bond acceptors (Lipinski definition) is 2. The molecular formula is C18H25ClN2. The number of fused-ring (bicyclic) bond motifs is 2. The van der Waals surface area contributed by atoms with Gasteiger partial charge < -0.3 is 0 Å². The van der Waals surface area contributed by atoms with E-state index in [2.05, 4.69) is 21.9 Å². The van der Waals surface area contributed by atoms with Crippen LogP contribution >= 0.6 is 11.6 Å². The number of nitrogens with zero attached hydrogens (tertiary/aromatic N) is 2. The van der Waals surface area contributed by atoms with Gasteiger partial charge in [0.2, 0.25) is 0 Å². The monoisotopic (exact) mass is 304 g/mol. The molecular weight excluding hydrogens is 280 g/mol. The van der Waals surface area contributed by atoms with Crippen LogP contribution in [-0.4, -0.2) is 42.0 Å². The van der Waals surface area contributed by atoms with Crippen molar-refractivity contribution in [2.75, 3.05) is 26.2 Å². The molecule has 2 saturated carbocycles. The summed E-state index contributed by atoms with van der Waals surface area (Å²) in [5, 5.41) is 0.833. The molecule has 2 aliphatic carbocycles. The average Bonchev–Trinajstić information content (AvgIpc) is 3.13. The van der Waals surface area contributed by atoms with Crippen LogP contribution in [0.15, 0.2) is 24.3 Å². The van der Waals surface area contributed by atoms with Crippen LogP contribution in [0.1, 0.15) is 31.2 Å². The summed E-state index contributed by atoms with van der Waals surface area (Å²) in [7, 11) is 0. The zero-order chi connectivity index (χ0) is 14.2. The molecule has 0 spiro atoms. The van der Waals surface area contributed by atoms with Gasteiger partial charge in [0.05, 0.1) is 0 Å². The fourth-order valence-corrected chi connectivity index (χ4v) is 4.89. The second-order valence-electron chi connectivity index (χ2n) is 7.18. The molecule has 1 aromatic carbocycles. The van der Waals surface area contributed by atoms with Crippen molar-refractivity contribution in [2.45, 2.75) is 38.3 Å². The Kier molecular flexibility index (Phi) is 3.95. The zero-order valence-electron chi connectivity index (χ0n) is 12.7. The minimum atomic E-state index is 0.833. The fraction of sp³-hybridized carbons (Fsp3) is 0.667. The first-order valence-corrected chi connectivity index (χ1v) is 8.86. The highest BCUT2D eigenvalue weighted by Crippen LogP contribution is 2.46. The van der Waals surface area contributed by atoms with Crippen LogP contribution in [0.3, 0.4) is 0 Å². The first-order valence-electron chi connectivity index (χ1n) is 8.49. The van der Waals surface area contributed by atoms with Crippen molar-refractivity contribution in [3.8, 4) is 0 Å². The molecule has 0 N–H and O–H groups in total. The molecule has 1 saturated heterocycles. The van der Waals surface area contributed by atoms with Crippen molar-refractivity contribution in [3.05, 3.63) is 34.9 Å². The Bertz CT molecular complexity index is 478. The predicted molar refractivity (Wildman–Crippen MR) is 87.5 cm³/mol. The van der Waals surface area contributed by atoms with E-state index in [1.807, 2.05) is 12.1 Å². The lowest BCUT2D eigenvalue weighted by molar-refractivity contribution is 0.0680. The lowest BCUT2D eigenvalue weighted by Crippen LogP contribution is -2.51. The first kappa shape index (κ1) is 14.0. The highest BCUT2D eigenvalue weighted by molar-refractivity contribution is 6.30. The van der Waals surface area contributed by atoms with E-state index < -0.39 is 0 Å². The molecule has 3 fully saturated rings. The van der Waals surface area contributed by atoms with Gasteiger partial charge in [0.1, 0.15) is 0 Å². The largest absolute Gasteiger partial charge is 0.298 e. The molecule has 1 aromatic rings. The Morgan fingerprint density at radius 1 is 0.952 bits per heavy atom. The highest BCUT2D eigenvalue weighted by Gasteiger charge is 2.42. The van der Waals surface area contributed by atoms with Gasteiger partial charge in [0.25, 0.3) is 0 Å². The van der Waals surface area contributed by atoms with Gasteiger partial charge in [-0.1, -0.05) is 30.2 Å². The van der Waals surface area contributed by atoms with Gasteiger partial charge in [-0.15, -0.1) is 0 Å². The molecule has 114 valence electrons. The molecule has 2 nitrogen and oxygen atoms in total. The summed E-state index contributed by atoms with van der Waals surface area (Å²) in [4.78, 5) is 5.38. The maximum atomic E-state index is 5.96. The molecule has 1 heterocycles. The molecule has 1 aliphatic heterocycles. The Labute approximate surface area is 133 Å². The van der Waals surface area contributed by atoms with Crippen LogP contribution < -0.4 is 0 Å².